The van der Waals surface area contributed by atoms with Crippen LogP contribution >= 0.6 is 11.6 Å². The largest absolute Gasteiger partial charge is 0.466 e. The normalized spacial score (nSPS) is 11.0. The van der Waals surface area contributed by atoms with Gasteiger partial charge in [-0.3, -0.25) is 9.78 Å². The van der Waals surface area contributed by atoms with E-state index in [-0.39, 0.29) is 12.2 Å². The molecule has 0 aliphatic heterocycles. The van der Waals surface area contributed by atoms with Gasteiger partial charge in [0.15, 0.2) is 0 Å². The SMILES string of the molecule is COC(=O)/C=C\CC(=O)Cc1ccc2ncc(Cl)cc2c1. The highest BCUT2D eigenvalue weighted by Gasteiger charge is 2.04. The minimum absolute atomic E-state index is 0.0180. The van der Waals surface area contributed by atoms with E-state index in [0.717, 1.165) is 16.5 Å². The maximum absolute atomic E-state index is 11.8. The third-order valence-electron chi connectivity index (χ3n) is 2.91. The molecule has 0 aliphatic carbocycles. The second kappa shape index (κ2) is 6.99. The van der Waals surface area contributed by atoms with Gasteiger partial charge in [0.2, 0.25) is 0 Å². The average molecular weight is 304 g/mol. The molecule has 0 unspecified atom stereocenters. The smallest absolute Gasteiger partial charge is 0.330 e. The lowest BCUT2D eigenvalue weighted by Crippen LogP contribution is -2.02. The molecular formula is C16H14ClNO3. The van der Waals surface area contributed by atoms with Crippen LogP contribution in [0.15, 0.2) is 42.6 Å². The number of hydrogen-bond acceptors (Lipinski definition) is 4. The maximum atomic E-state index is 11.8. The van der Waals surface area contributed by atoms with E-state index in [0.29, 0.717) is 11.4 Å². The first kappa shape index (κ1) is 15.2. The van der Waals surface area contributed by atoms with Crippen molar-refractivity contribution in [3.05, 3.63) is 53.2 Å². The van der Waals surface area contributed by atoms with Crippen molar-refractivity contribution in [2.75, 3.05) is 7.11 Å². The zero-order chi connectivity index (χ0) is 15.2. The summed E-state index contributed by atoms with van der Waals surface area (Å²) in [6, 6.07) is 7.44. The number of ketones is 1. The quantitative estimate of drug-likeness (QED) is 0.629. The molecule has 1 heterocycles. The summed E-state index contributed by atoms with van der Waals surface area (Å²) in [4.78, 5) is 26.9. The molecule has 0 spiro atoms. The number of aromatic nitrogens is 1. The third kappa shape index (κ3) is 4.39. The summed E-state index contributed by atoms with van der Waals surface area (Å²) in [6.07, 6.45) is 4.84. The molecule has 0 bridgehead atoms. The highest BCUT2D eigenvalue weighted by Crippen LogP contribution is 2.18. The van der Waals surface area contributed by atoms with Crippen molar-refractivity contribution in [1.82, 2.24) is 4.98 Å². The van der Waals surface area contributed by atoms with Crippen LogP contribution < -0.4 is 0 Å². The van der Waals surface area contributed by atoms with Gasteiger partial charge in [-0.05, 0) is 23.8 Å². The van der Waals surface area contributed by atoms with E-state index in [2.05, 4.69) is 9.72 Å². The molecule has 0 N–H and O–H groups in total. The highest BCUT2D eigenvalue weighted by molar-refractivity contribution is 6.31. The number of pyridine rings is 1. The molecule has 0 aliphatic rings. The molecule has 0 atom stereocenters. The Morgan fingerprint density at radius 1 is 1.33 bits per heavy atom. The summed E-state index contributed by atoms with van der Waals surface area (Å²) < 4.78 is 4.45. The molecule has 1 aromatic heterocycles. The molecule has 0 saturated heterocycles. The van der Waals surface area contributed by atoms with Crippen LogP contribution in [-0.4, -0.2) is 23.8 Å². The van der Waals surface area contributed by atoms with Gasteiger partial charge in [-0.25, -0.2) is 4.79 Å². The van der Waals surface area contributed by atoms with Crippen LogP contribution in [0.1, 0.15) is 12.0 Å². The van der Waals surface area contributed by atoms with Gasteiger partial charge in [-0.15, -0.1) is 0 Å². The minimum atomic E-state index is -0.464. The number of halogens is 1. The maximum Gasteiger partial charge on any atom is 0.330 e. The molecule has 0 radical (unpaired) electrons. The van der Waals surface area contributed by atoms with Crippen LogP contribution in [0, 0.1) is 0 Å². The van der Waals surface area contributed by atoms with Crippen LogP contribution in [-0.2, 0) is 20.7 Å². The van der Waals surface area contributed by atoms with Crippen LogP contribution in [0.5, 0.6) is 0 Å². The summed E-state index contributed by atoms with van der Waals surface area (Å²) in [5, 5.41) is 1.46. The van der Waals surface area contributed by atoms with Crippen molar-refractivity contribution in [3.8, 4) is 0 Å². The lowest BCUT2D eigenvalue weighted by Gasteiger charge is -2.02. The molecule has 0 amide bonds. The fourth-order valence-electron chi connectivity index (χ4n) is 1.92. The van der Waals surface area contributed by atoms with Gasteiger partial charge >= 0.3 is 5.97 Å². The summed E-state index contributed by atoms with van der Waals surface area (Å²) in [5.41, 5.74) is 1.73. The van der Waals surface area contributed by atoms with Gasteiger partial charge in [-0.1, -0.05) is 23.7 Å². The van der Waals surface area contributed by atoms with E-state index in [9.17, 15) is 9.59 Å². The van der Waals surface area contributed by atoms with Gasteiger partial charge in [0.05, 0.1) is 17.6 Å². The van der Waals surface area contributed by atoms with Crippen molar-refractivity contribution in [3.63, 3.8) is 0 Å². The first-order chi connectivity index (χ1) is 10.1. The number of hydrogen-bond donors (Lipinski definition) is 0. The Morgan fingerprint density at radius 3 is 2.90 bits per heavy atom. The Bertz CT molecular complexity index is 710. The second-order valence-corrected chi connectivity index (χ2v) is 4.96. The fourth-order valence-corrected chi connectivity index (χ4v) is 2.08. The van der Waals surface area contributed by atoms with E-state index in [1.807, 2.05) is 24.3 Å². The zero-order valence-electron chi connectivity index (χ0n) is 11.5. The van der Waals surface area contributed by atoms with E-state index < -0.39 is 5.97 Å². The minimum Gasteiger partial charge on any atom is -0.466 e. The Morgan fingerprint density at radius 2 is 2.14 bits per heavy atom. The number of nitrogens with zero attached hydrogens (tertiary/aromatic N) is 1. The first-order valence-electron chi connectivity index (χ1n) is 6.39. The van der Waals surface area contributed by atoms with Crippen LogP contribution in [0.2, 0.25) is 5.02 Å². The van der Waals surface area contributed by atoms with Gasteiger partial charge < -0.3 is 4.74 Å². The Balaban J connectivity index is 2.04. The van der Waals surface area contributed by atoms with E-state index >= 15 is 0 Å². The van der Waals surface area contributed by atoms with Crippen LogP contribution in [0.25, 0.3) is 10.9 Å². The molecule has 5 heteroatoms. The van der Waals surface area contributed by atoms with Crippen LogP contribution in [0.4, 0.5) is 0 Å². The molecule has 1 aromatic carbocycles. The molecule has 2 aromatic rings. The first-order valence-corrected chi connectivity index (χ1v) is 6.76. The molecule has 21 heavy (non-hydrogen) atoms. The van der Waals surface area contributed by atoms with Gasteiger partial charge in [0.25, 0.3) is 0 Å². The standard InChI is InChI=1S/C16H14ClNO3/c1-21-16(20)4-2-3-14(19)8-11-5-6-15-12(7-11)9-13(17)10-18-15/h2,4-7,9-10H,3,8H2,1H3/b4-2-. The topological polar surface area (TPSA) is 56.3 Å². The van der Waals surface area contributed by atoms with Crippen LogP contribution in [0.3, 0.4) is 0 Å². The van der Waals surface area contributed by atoms with Gasteiger partial charge in [0, 0.05) is 30.5 Å². The van der Waals surface area contributed by atoms with Gasteiger partial charge in [0.1, 0.15) is 5.78 Å². The van der Waals surface area contributed by atoms with Crippen molar-refractivity contribution >= 4 is 34.3 Å². The Labute approximate surface area is 127 Å². The molecule has 0 fully saturated rings. The Hall–Kier alpha value is -2.20. The zero-order valence-corrected chi connectivity index (χ0v) is 12.3. The fraction of sp³-hybridized carbons (Fsp3) is 0.188. The molecule has 0 saturated carbocycles. The van der Waals surface area contributed by atoms with Crippen molar-refractivity contribution in [2.24, 2.45) is 0 Å². The monoisotopic (exact) mass is 303 g/mol. The Kier molecular flexibility index (Phi) is 5.06. The second-order valence-electron chi connectivity index (χ2n) is 4.53. The third-order valence-corrected chi connectivity index (χ3v) is 3.12. The predicted molar refractivity (Wildman–Crippen MR) is 81.2 cm³/mol. The average Bonchev–Trinajstić information content (AvgIpc) is 2.46. The number of ether oxygens (including phenoxy) is 1. The lowest BCUT2D eigenvalue weighted by molar-refractivity contribution is -0.134. The van der Waals surface area contributed by atoms with Gasteiger partial charge in [-0.2, -0.15) is 0 Å². The van der Waals surface area contributed by atoms with E-state index in [1.54, 1.807) is 6.20 Å². The number of fused-ring (bicyclic) bond motifs is 1. The molecule has 2 rings (SSSR count). The summed E-state index contributed by atoms with van der Waals surface area (Å²) in [6.45, 7) is 0. The summed E-state index contributed by atoms with van der Waals surface area (Å²) in [5.74, 6) is -0.446. The predicted octanol–water partition coefficient (Wildman–Crippen LogP) is 3.12. The summed E-state index contributed by atoms with van der Waals surface area (Å²) in [7, 11) is 1.29. The number of methoxy groups -OCH3 is 1. The van der Waals surface area contributed by atoms with Crippen molar-refractivity contribution < 1.29 is 14.3 Å². The number of benzene rings is 1. The number of esters is 1. The van der Waals surface area contributed by atoms with E-state index in [1.165, 1.54) is 19.3 Å². The molecule has 108 valence electrons. The molecular weight excluding hydrogens is 290 g/mol. The number of allylic oxidation sites excluding steroid dienone is 1. The number of carbonyl (C=O) groups is 2. The van der Waals surface area contributed by atoms with Crippen molar-refractivity contribution in [2.45, 2.75) is 12.8 Å². The number of carbonyl (C=O) groups excluding carboxylic acids is 2. The van der Waals surface area contributed by atoms with Crippen molar-refractivity contribution in [1.29, 1.82) is 0 Å². The molecule has 4 nitrogen and oxygen atoms in total. The van der Waals surface area contributed by atoms with E-state index in [4.69, 9.17) is 11.6 Å². The summed E-state index contributed by atoms with van der Waals surface area (Å²) >= 11 is 5.91. The highest BCUT2D eigenvalue weighted by atomic mass is 35.5. The number of Topliss-reactive ketones (excluding diaryl/α,β-unsaturated/α-hetero) is 1. The lowest BCUT2D eigenvalue weighted by atomic mass is 10.0. The number of rotatable bonds is 5.